The van der Waals surface area contributed by atoms with Crippen LogP contribution >= 0.6 is 11.3 Å². The Balaban J connectivity index is 1.38. The number of amides is 1. The first kappa shape index (κ1) is 19.7. The van der Waals surface area contributed by atoms with Crippen LogP contribution in [0.4, 0.5) is 0 Å². The van der Waals surface area contributed by atoms with Crippen LogP contribution in [0, 0.1) is 0 Å². The van der Waals surface area contributed by atoms with Gasteiger partial charge in [0.25, 0.3) is 0 Å². The highest BCUT2D eigenvalue weighted by Crippen LogP contribution is 2.19. The van der Waals surface area contributed by atoms with Crippen molar-refractivity contribution in [1.82, 2.24) is 18.6 Å². The van der Waals surface area contributed by atoms with Crippen LogP contribution in [-0.4, -0.2) is 64.9 Å². The van der Waals surface area contributed by atoms with Gasteiger partial charge in [-0.3, -0.25) is 14.0 Å². The number of carbonyl (C=O) groups excluding carboxylic acids is 2. The quantitative estimate of drug-likeness (QED) is 0.572. The number of thiazole rings is 1. The van der Waals surface area contributed by atoms with E-state index in [4.69, 9.17) is 0 Å². The maximum Gasteiger partial charge on any atom is 0.243 e. The summed E-state index contributed by atoms with van der Waals surface area (Å²) in [5.41, 5.74) is 1.18. The normalized spacial score (nSPS) is 15.7. The molecule has 1 amide bonds. The van der Waals surface area contributed by atoms with Gasteiger partial charge in [-0.1, -0.05) is 12.1 Å². The van der Waals surface area contributed by atoms with Crippen LogP contribution in [0.15, 0.2) is 46.9 Å². The van der Waals surface area contributed by atoms with Gasteiger partial charge in [0, 0.05) is 49.5 Å². The second-order valence-electron chi connectivity index (χ2n) is 6.87. The molecule has 1 saturated heterocycles. The fourth-order valence-corrected chi connectivity index (χ4v) is 5.46. The molecule has 10 heteroatoms. The van der Waals surface area contributed by atoms with Crippen molar-refractivity contribution >= 4 is 38.0 Å². The number of aromatic nitrogens is 2. The minimum absolute atomic E-state index is 0.0568. The van der Waals surface area contributed by atoms with Crippen LogP contribution in [0.2, 0.25) is 0 Å². The Labute approximate surface area is 172 Å². The average molecular weight is 433 g/mol. The first-order chi connectivity index (χ1) is 13.8. The van der Waals surface area contributed by atoms with Crippen LogP contribution in [0.1, 0.15) is 23.0 Å². The number of fused-ring (bicyclic) bond motifs is 1. The summed E-state index contributed by atoms with van der Waals surface area (Å²) in [7, 11) is -3.65. The van der Waals surface area contributed by atoms with Gasteiger partial charge in [-0.15, -0.1) is 11.3 Å². The minimum Gasteiger partial charge on any atom is -0.340 e. The fourth-order valence-electron chi connectivity index (χ4n) is 3.32. The topological polar surface area (TPSA) is 92.1 Å². The number of carbonyl (C=O) groups is 2. The lowest BCUT2D eigenvalue weighted by molar-refractivity contribution is -0.131. The summed E-state index contributed by atoms with van der Waals surface area (Å²) in [6.07, 6.45) is 3.94. The van der Waals surface area contributed by atoms with Gasteiger partial charge in [0.2, 0.25) is 15.9 Å². The number of Topliss-reactive ketones (excluding diaryl/α,β-unsaturated/α-hetero) is 1. The molecule has 0 unspecified atom stereocenters. The summed E-state index contributed by atoms with van der Waals surface area (Å²) >= 11 is 1.51. The molecule has 0 radical (unpaired) electrons. The summed E-state index contributed by atoms with van der Waals surface area (Å²) in [5.74, 6) is -0.169. The molecule has 0 spiro atoms. The van der Waals surface area contributed by atoms with Crippen molar-refractivity contribution in [3.63, 3.8) is 0 Å². The van der Waals surface area contributed by atoms with E-state index in [1.54, 1.807) is 4.90 Å². The zero-order valence-electron chi connectivity index (χ0n) is 15.8. The van der Waals surface area contributed by atoms with Crippen molar-refractivity contribution in [2.45, 2.75) is 18.2 Å². The van der Waals surface area contributed by atoms with Crippen molar-refractivity contribution in [3.05, 3.63) is 53.3 Å². The van der Waals surface area contributed by atoms with Gasteiger partial charge in [0.1, 0.15) is 0 Å². The molecule has 152 valence electrons. The number of benzene rings is 1. The monoisotopic (exact) mass is 432 g/mol. The molecule has 8 nitrogen and oxygen atoms in total. The molecule has 0 aliphatic carbocycles. The number of hydrogen-bond acceptors (Lipinski definition) is 6. The number of nitrogens with zero attached hydrogens (tertiary/aromatic N) is 4. The predicted octanol–water partition coefficient (Wildman–Crippen LogP) is 1.67. The highest BCUT2D eigenvalue weighted by Gasteiger charge is 2.30. The van der Waals surface area contributed by atoms with E-state index in [0.29, 0.717) is 24.3 Å². The van der Waals surface area contributed by atoms with E-state index in [1.165, 1.54) is 46.8 Å². The van der Waals surface area contributed by atoms with Gasteiger partial charge in [0.15, 0.2) is 10.7 Å². The van der Waals surface area contributed by atoms with Gasteiger partial charge in [-0.2, -0.15) is 4.31 Å². The third-order valence-corrected chi connectivity index (χ3v) is 7.65. The molecule has 4 rings (SSSR count). The van der Waals surface area contributed by atoms with Gasteiger partial charge in [-0.25, -0.2) is 13.4 Å². The van der Waals surface area contributed by atoms with Crippen LogP contribution in [0.5, 0.6) is 0 Å². The second-order valence-corrected chi connectivity index (χ2v) is 9.68. The molecule has 1 fully saturated rings. The molecule has 2 aromatic heterocycles. The van der Waals surface area contributed by atoms with E-state index >= 15 is 0 Å². The van der Waals surface area contributed by atoms with Crippen molar-refractivity contribution in [1.29, 1.82) is 0 Å². The first-order valence-electron chi connectivity index (χ1n) is 9.14. The predicted molar refractivity (Wildman–Crippen MR) is 109 cm³/mol. The zero-order valence-corrected chi connectivity index (χ0v) is 17.4. The number of hydrogen-bond donors (Lipinski definition) is 0. The maximum atomic E-state index is 12.8. The summed E-state index contributed by atoms with van der Waals surface area (Å²) < 4.78 is 28.9. The van der Waals surface area contributed by atoms with Crippen molar-refractivity contribution < 1.29 is 18.0 Å². The molecule has 0 N–H and O–H groups in total. The number of ketones is 1. The van der Waals surface area contributed by atoms with Gasteiger partial charge in [0.05, 0.1) is 17.0 Å². The largest absolute Gasteiger partial charge is 0.340 e. The number of imidazole rings is 1. The van der Waals surface area contributed by atoms with E-state index in [2.05, 4.69) is 4.98 Å². The highest BCUT2D eigenvalue weighted by molar-refractivity contribution is 7.89. The molecule has 3 heterocycles. The smallest absolute Gasteiger partial charge is 0.243 e. The van der Waals surface area contributed by atoms with E-state index in [9.17, 15) is 18.0 Å². The summed E-state index contributed by atoms with van der Waals surface area (Å²) in [6.45, 7) is 2.59. The van der Waals surface area contributed by atoms with Crippen LogP contribution < -0.4 is 0 Å². The van der Waals surface area contributed by atoms with Crippen molar-refractivity contribution in [3.8, 4) is 0 Å². The van der Waals surface area contributed by atoms with Gasteiger partial charge < -0.3 is 4.90 Å². The molecule has 1 aliphatic rings. The van der Waals surface area contributed by atoms with Gasteiger partial charge >= 0.3 is 0 Å². The average Bonchev–Trinajstić information content (AvgIpc) is 3.30. The second kappa shape index (κ2) is 7.69. The van der Waals surface area contributed by atoms with E-state index in [0.717, 1.165) is 4.96 Å². The van der Waals surface area contributed by atoms with E-state index < -0.39 is 10.0 Å². The Hall–Kier alpha value is -2.56. The molecule has 29 heavy (non-hydrogen) atoms. The number of piperazine rings is 1. The molecule has 3 aromatic rings. The zero-order chi connectivity index (χ0) is 20.6. The first-order valence-corrected chi connectivity index (χ1v) is 11.5. The Morgan fingerprint density at radius 3 is 2.41 bits per heavy atom. The molecule has 1 aliphatic heterocycles. The lowest BCUT2D eigenvalue weighted by Crippen LogP contribution is -2.50. The Morgan fingerprint density at radius 2 is 1.79 bits per heavy atom. The third kappa shape index (κ3) is 3.96. The van der Waals surface area contributed by atoms with Crippen molar-refractivity contribution in [2.75, 3.05) is 26.2 Å². The van der Waals surface area contributed by atoms with Crippen LogP contribution in [0.3, 0.4) is 0 Å². The minimum atomic E-state index is -3.65. The maximum absolute atomic E-state index is 12.8. The number of sulfonamides is 1. The lowest BCUT2D eigenvalue weighted by atomic mass is 10.2. The fraction of sp³-hybridized carbons (Fsp3) is 0.316. The third-order valence-electron chi connectivity index (χ3n) is 4.97. The number of rotatable bonds is 5. The van der Waals surface area contributed by atoms with E-state index in [-0.39, 0.29) is 36.1 Å². The van der Waals surface area contributed by atoms with Crippen LogP contribution in [-0.2, 0) is 21.2 Å². The molecule has 0 bridgehead atoms. The summed E-state index contributed by atoms with van der Waals surface area (Å²) in [5, 5.41) is 1.93. The van der Waals surface area contributed by atoms with Gasteiger partial charge in [-0.05, 0) is 19.1 Å². The molecular weight excluding hydrogens is 412 g/mol. The Bertz CT molecular complexity index is 1130. The van der Waals surface area contributed by atoms with E-state index in [1.807, 2.05) is 22.2 Å². The Kier molecular flexibility index (Phi) is 5.24. The molecule has 0 saturated carbocycles. The summed E-state index contributed by atoms with van der Waals surface area (Å²) in [6, 6.07) is 5.94. The van der Waals surface area contributed by atoms with Crippen molar-refractivity contribution in [2.24, 2.45) is 0 Å². The van der Waals surface area contributed by atoms with Crippen LogP contribution in [0.25, 0.3) is 4.96 Å². The lowest BCUT2D eigenvalue weighted by Gasteiger charge is -2.34. The molecule has 1 aromatic carbocycles. The SMILES string of the molecule is CC(=O)c1ccc(S(=O)(=O)N2CCN(C(=O)Cc3cn4ccsc4n3)CC2)cc1. The highest BCUT2D eigenvalue weighted by atomic mass is 32.2. The standard InChI is InChI=1S/C19H20N4O4S2/c1-14(24)15-2-4-17(5-3-15)29(26,27)23-8-6-21(7-9-23)18(25)12-16-13-22-10-11-28-19(22)20-16/h2-5,10-11,13H,6-9,12H2,1H3. The molecular formula is C19H20N4O4S2. The molecule has 0 atom stereocenters. The summed E-state index contributed by atoms with van der Waals surface area (Å²) in [4.78, 5) is 31.0. The Morgan fingerprint density at radius 1 is 1.10 bits per heavy atom.